The number of hydrogen-bond donors (Lipinski definition) is 2. The molecule has 0 radical (unpaired) electrons. The Bertz CT molecular complexity index is 692. The number of benzene rings is 1. The van der Waals surface area contributed by atoms with Gasteiger partial charge in [-0.15, -0.1) is 0 Å². The molecule has 25 heavy (non-hydrogen) atoms. The molecular weight excluding hydrogens is 324 g/mol. The van der Waals surface area contributed by atoms with Gasteiger partial charge in [-0.3, -0.25) is 4.79 Å². The van der Waals surface area contributed by atoms with Crippen LogP contribution >= 0.6 is 0 Å². The minimum absolute atomic E-state index is 0.148. The van der Waals surface area contributed by atoms with Crippen LogP contribution in [0.25, 0.3) is 0 Å². The third-order valence-electron chi connectivity index (χ3n) is 5.57. The molecule has 3 atom stereocenters. The molecule has 1 aromatic rings. The SMILES string of the molecule is O=C(NC[C@@H]1[C@H]2CCC[C@H]2CN1C(=O)O)c1cccc2c1OCCO2. The molecule has 2 amide bonds. The third-order valence-corrected chi connectivity index (χ3v) is 5.57. The fraction of sp³-hybridized carbons (Fsp3) is 0.556. The number of carboxylic acid groups (broad SMARTS) is 1. The molecule has 0 aromatic heterocycles. The van der Waals surface area contributed by atoms with Gasteiger partial charge in [0, 0.05) is 13.1 Å². The highest BCUT2D eigenvalue weighted by Gasteiger charge is 2.46. The van der Waals surface area contributed by atoms with Crippen LogP contribution in [0.1, 0.15) is 29.6 Å². The second-order valence-electron chi connectivity index (χ2n) is 6.90. The Morgan fingerprint density at radius 1 is 1.24 bits per heavy atom. The van der Waals surface area contributed by atoms with Crippen LogP contribution in [0.3, 0.4) is 0 Å². The molecule has 3 aliphatic rings. The van der Waals surface area contributed by atoms with E-state index in [-0.39, 0.29) is 11.9 Å². The number of carbonyl (C=O) groups excluding carboxylic acids is 1. The number of para-hydroxylation sites is 1. The van der Waals surface area contributed by atoms with Crippen LogP contribution in [0.5, 0.6) is 11.5 Å². The molecule has 1 aliphatic carbocycles. The molecule has 1 saturated carbocycles. The zero-order chi connectivity index (χ0) is 17.4. The van der Waals surface area contributed by atoms with Crippen LogP contribution in [0.4, 0.5) is 4.79 Å². The predicted octanol–water partition coefficient (Wildman–Crippen LogP) is 1.97. The first-order chi connectivity index (χ1) is 12.1. The van der Waals surface area contributed by atoms with Crippen molar-refractivity contribution in [1.82, 2.24) is 10.2 Å². The molecule has 0 bridgehead atoms. The van der Waals surface area contributed by atoms with E-state index < -0.39 is 6.09 Å². The molecule has 1 saturated heterocycles. The number of likely N-dealkylation sites (tertiary alicyclic amines) is 1. The van der Waals surface area contributed by atoms with Gasteiger partial charge in [0.05, 0.1) is 11.6 Å². The van der Waals surface area contributed by atoms with Crippen LogP contribution in [0.2, 0.25) is 0 Å². The third kappa shape index (κ3) is 2.88. The van der Waals surface area contributed by atoms with Crippen LogP contribution in [0.15, 0.2) is 18.2 Å². The summed E-state index contributed by atoms with van der Waals surface area (Å²) in [6.07, 6.45) is 2.36. The fourth-order valence-corrected chi connectivity index (χ4v) is 4.44. The Labute approximate surface area is 145 Å². The van der Waals surface area contributed by atoms with Gasteiger partial charge >= 0.3 is 6.09 Å². The van der Waals surface area contributed by atoms with E-state index in [4.69, 9.17) is 9.47 Å². The number of fused-ring (bicyclic) bond motifs is 2. The fourth-order valence-electron chi connectivity index (χ4n) is 4.44. The van der Waals surface area contributed by atoms with E-state index in [9.17, 15) is 14.7 Å². The molecule has 134 valence electrons. The first-order valence-corrected chi connectivity index (χ1v) is 8.81. The summed E-state index contributed by atoms with van der Waals surface area (Å²) in [6, 6.07) is 5.09. The lowest BCUT2D eigenvalue weighted by Gasteiger charge is -2.26. The van der Waals surface area contributed by atoms with E-state index in [0.29, 0.717) is 55.2 Å². The summed E-state index contributed by atoms with van der Waals surface area (Å²) in [4.78, 5) is 25.7. The Kier molecular flexibility index (Phi) is 4.15. The Hall–Kier alpha value is -2.44. The van der Waals surface area contributed by atoms with Crippen molar-refractivity contribution in [3.05, 3.63) is 23.8 Å². The maximum absolute atomic E-state index is 12.6. The molecule has 2 N–H and O–H groups in total. The van der Waals surface area contributed by atoms with Gasteiger partial charge < -0.3 is 24.8 Å². The lowest BCUT2D eigenvalue weighted by Crippen LogP contribution is -2.45. The normalized spacial score (nSPS) is 27.0. The Morgan fingerprint density at radius 3 is 2.92 bits per heavy atom. The summed E-state index contributed by atoms with van der Waals surface area (Å²) < 4.78 is 11.1. The molecule has 7 nitrogen and oxygen atoms in total. The van der Waals surface area contributed by atoms with Gasteiger partial charge in [0.2, 0.25) is 0 Å². The highest BCUT2D eigenvalue weighted by molar-refractivity contribution is 5.97. The summed E-state index contributed by atoms with van der Waals surface area (Å²) in [7, 11) is 0. The highest BCUT2D eigenvalue weighted by atomic mass is 16.6. The largest absolute Gasteiger partial charge is 0.486 e. The van der Waals surface area contributed by atoms with Crippen LogP contribution in [0, 0.1) is 11.8 Å². The molecule has 0 spiro atoms. The number of nitrogens with zero attached hydrogens (tertiary/aromatic N) is 1. The average Bonchev–Trinajstić information content (AvgIpc) is 3.20. The molecule has 2 heterocycles. The van der Waals surface area contributed by atoms with Gasteiger partial charge in [0.25, 0.3) is 5.91 Å². The lowest BCUT2D eigenvalue weighted by molar-refractivity contribution is 0.0915. The number of rotatable bonds is 3. The smallest absolute Gasteiger partial charge is 0.407 e. The maximum Gasteiger partial charge on any atom is 0.407 e. The zero-order valence-corrected chi connectivity index (χ0v) is 13.9. The quantitative estimate of drug-likeness (QED) is 0.874. The van der Waals surface area contributed by atoms with Crippen LogP contribution in [-0.4, -0.2) is 54.4 Å². The Morgan fingerprint density at radius 2 is 2.08 bits per heavy atom. The van der Waals surface area contributed by atoms with E-state index in [2.05, 4.69) is 5.32 Å². The van der Waals surface area contributed by atoms with Crippen molar-refractivity contribution >= 4 is 12.0 Å². The minimum Gasteiger partial charge on any atom is -0.486 e. The van der Waals surface area contributed by atoms with E-state index in [1.165, 1.54) is 4.90 Å². The summed E-state index contributed by atoms with van der Waals surface area (Å²) in [5.41, 5.74) is 0.431. The average molecular weight is 346 g/mol. The van der Waals surface area contributed by atoms with Gasteiger partial charge in [-0.25, -0.2) is 4.79 Å². The molecule has 2 fully saturated rings. The molecule has 1 aromatic carbocycles. The molecule has 0 unspecified atom stereocenters. The molecule has 4 rings (SSSR count). The van der Waals surface area contributed by atoms with Crippen molar-refractivity contribution in [2.75, 3.05) is 26.3 Å². The van der Waals surface area contributed by atoms with Gasteiger partial charge in [-0.1, -0.05) is 12.5 Å². The van der Waals surface area contributed by atoms with Crippen molar-refractivity contribution in [3.8, 4) is 11.5 Å². The van der Waals surface area contributed by atoms with Crippen molar-refractivity contribution < 1.29 is 24.2 Å². The standard InChI is InChI=1S/C18H22N2O5/c21-17(13-5-2-6-15-16(13)25-8-7-24-15)19-9-14-12-4-1-3-11(12)10-20(14)18(22)23/h2,5-6,11-12,14H,1,3-4,7-10H2,(H,19,21)(H,22,23)/t11-,12-,14+/m0/s1. The summed E-state index contributed by atoms with van der Waals surface area (Å²) in [5, 5.41) is 12.4. The van der Waals surface area contributed by atoms with E-state index in [1.54, 1.807) is 18.2 Å². The van der Waals surface area contributed by atoms with Crippen molar-refractivity contribution in [3.63, 3.8) is 0 Å². The van der Waals surface area contributed by atoms with E-state index in [0.717, 1.165) is 19.3 Å². The van der Waals surface area contributed by atoms with Gasteiger partial charge in [-0.05, 0) is 36.8 Å². The van der Waals surface area contributed by atoms with E-state index >= 15 is 0 Å². The minimum atomic E-state index is -0.900. The monoisotopic (exact) mass is 346 g/mol. The summed E-state index contributed by atoms with van der Waals surface area (Å²) in [5.74, 6) is 1.56. The van der Waals surface area contributed by atoms with Crippen LogP contribution in [-0.2, 0) is 0 Å². The Balaban J connectivity index is 1.47. The van der Waals surface area contributed by atoms with E-state index in [1.807, 2.05) is 0 Å². The topological polar surface area (TPSA) is 88.1 Å². The predicted molar refractivity (Wildman–Crippen MR) is 89.1 cm³/mol. The zero-order valence-electron chi connectivity index (χ0n) is 13.9. The highest BCUT2D eigenvalue weighted by Crippen LogP contribution is 2.42. The maximum atomic E-state index is 12.6. The molecule has 7 heteroatoms. The number of amides is 2. The lowest BCUT2D eigenvalue weighted by atomic mass is 9.94. The van der Waals surface area contributed by atoms with Gasteiger partial charge in [0.1, 0.15) is 13.2 Å². The molecule has 2 aliphatic heterocycles. The number of hydrogen-bond acceptors (Lipinski definition) is 4. The van der Waals surface area contributed by atoms with Crippen molar-refractivity contribution in [2.45, 2.75) is 25.3 Å². The molecular formula is C18H22N2O5. The second-order valence-corrected chi connectivity index (χ2v) is 6.90. The summed E-state index contributed by atoms with van der Waals surface area (Å²) >= 11 is 0. The first kappa shape index (κ1) is 16.1. The van der Waals surface area contributed by atoms with Gasteiger partial charge in [-0.2, -0.15) is 0 Å². The first-order valence-electron chi connectivity index (χ1n) is 8.81. The number of carbonyl (C=O) groups is 2. The number of ether oxygens (including phenoxy) is 2. The van der Waals surface area contributed by atoms with Crippen LogP contribution < -0.4 is 14.8 Å². The number of nitrogens with one attached hydrogen (secondary N) is 1. The second kappa shape index (κ2) is 6.46. The summed E-state index contributed by atoms with van der Waals surface area (Å²) in [6.45, 7) is 1.79. The van der Waals surface area contributed by atoms with Crippen molar-refractivity contribution in [1.29, 1.82) is 0 Å². The van der Waals surface area contributed by atoms with Crippen molar-refractivity contribution in [2.24, 2.45) is 11.8 Å². The van der Waals surface area contributed by atoms with Gasteiger partial charge in [0.15, 0.2) is 11.5 Å².